The Hall–Kier alpha value is -8.36. The van der Waals surface area contributed by atoms with Crippen LogP contribution in [0, 0.1) is 0 Å². The second-order valence-electron chi connectivity index (χ2n) is 18.9. The molecule has 8 nitrogen and oxygen atoms in total. The standard InChI is InChI=1S/4C16H15NO/c4*17-16(18)15-13-7-3-1-5-11(13)9-10-12-6-2-4-8-14(12)15/h4*1-8,15H,9-10H2,(H2,17,18). The van der Waals surface area contributed by atoms with Gasteiger partial charge in [0.25, 0.3) is 0 Å². The van der Waals surface area contributed by atoms with E-state index in [1.54, 1.807) is 0 Å². The van der Waals surface area contributed by atoms with Crippen LogP contribution in [0.3, 0.4) is 0 Å². The number of aryl methyl sites for hydroxylation is 8. The van der Waals surface area contributed by atoms with E-state index in [2.05, 4.69) is 48.5 Å². The molecule has 0 bridgehead atoms. The third kappa shape index (κ3) is 10.4. The van der Waals surface area contributed by atoms with Crippen molar-refractivity contribution in [2.45, 2.75) is 75.0 Å². The first-order valence-corrected chi connectivity index (χ1v) is 24.9. The maximum atomic E-state index is 11.9. The molecule has 0 radical (unpaired) electrons. The summed E-state index contributed by atoms with van der Waals surface area (Å²) in [5, 5.41) is 0. The molecule has 0 spiro atoms. The van der Waals surface area contributed by atoms with E-state index in [4.69, 9.17) is 22.9 Å². The minimum atomic E-state index is -0.306. The number of fused-ring (bicyclic) bond motifs is 8. The predicted octanol–water partition coefficient (Wildman–Crippen LogP) is 9.61. The normalized spacial score (nSPS) is 14.4. The van der Waals surface area contributed by atoms with Crippen molar-refractivity contribution < 1.29 is 19.2 Å². The highest BCUT2D eigenvalue weighted by Crippen LogP contribution is 2.37. The van der Waals surface area contributed by atoms with Crippen molar-refractivity contribution in [1.29, 1.82) is 0 Å². The number of carbonyl (C=O) groups is 4. The van der Waals surface area contributed by atoms with Crippen molar-refractivity contribution in [3.63, 3.8) is 0 Å². The summed E-state index contributed by atoms with van der Waals surface area (Å²) in [4.78, 5) is 47.4. The lowest BCUT2D eigenvalue weighted by molar-refractivity contribution is -0.119. The topological polar surface area (TPSA) is 172 Å². The Morgan fingerprint density at radius 3 is 0.444 bits per heavy atom. The van der Waals surface area contributed by atoms with E-state index >= 15 is 0 Å². The maximum Gasteiger partial charge on any atom is 0.229 e. The number of nitrogens with two attached hydrogens (primary N) is 4. The molecule has 0 unspecified atom stereocenters. The van der Waals surface area contributed by atoms with E-state index in [0.717, 1.165) is 95.9 Å². The first-order valence-electron chi connectivity index (χ1n) is 24.9. The molecule has 8 aromatic carbocycles. The van der Waals surface area contributed by atoms with Crippen molar-refractivity contribution in [2.75, 3.05) is 0 Å². The Labute approximate surface area is 422 Å². The first kappa shape index (κ1) is 48.7. The van der Waals surface area contributed by atoms with Crippen molar-refractivity contribution in [1.82, 2.24) is 0 Å². The van der Waals surface area contributed by atoms with Crippen LogP contribution < -0.4 is 22.9 Å². The fourth-order valence-electron chi connectivity index (χ4n) is 11.3. The molecule has 4 amide bonds. The summed E-state index contributed by atoms with van der Waals surface area (Å²) in [6.45, 7) is 0. The molecule has 0 atom stereocenters. The van der Waals surface area contributed by atoms with Gasteiger partial charge in [-0.3, -0.25) is 19.2 Å². The Bertz CT molecular complexity index is 2660. The summed E-state index contributed by atoms with van der Waals surface area (Å²) in [7, 11) is 0. The lowest BCUT2D eigenvalue weighted by Gasteiger charge is -2.16. The first-order chi connectivity index (χ1) is 35.1. The SMILES string of the molecule is NC(=O)C1c2ccccc2CCc2ccccc21.NC(=O)C1c2ccccc2CCc2ccccc21.NC(=O)C1c2ccccc2CCc2ccccc21.NC(=O)C1c2ccccc2CCc2ccccc21. The van der Waals surface area contributed by atoms with Crippen LogP contribution in [0.5, 0.6) is 0 Å². The molecule has 0 heterocycles. The molecule has 4 aliphatic rings. The van der Waals surface area contributed by atoms with Gasteiger partial charge in [0.2, 0.25) is 23.6 Å². The highest BCUT2D eigenvalue weighted by molar-refractivity contribution is 5.89. The van der Waals surface area contributed by atoms with Crippen molar-refractivity contribution in [3.8, 4) is 0 Å². The molecular weight excluding hydrogens is 889 g/mol. The smallest absolute Gasteiger partial charge is 0.229 e. The Morgan fingerprint density at radius 2 is 0.333 bits per heavy atom. The van der Waals surface area contributed by atoms with E-state index in [1.807, 2.05) is 146 Å². The van der Waals surface area contributed by atoms with Crippen molar-refractivity contribution in [2.24, 2.45) is 22.9 Å². The summed E-state index contributed by atoms with van der Waals surface area (Å²) in [5.41, 5.74) is 40.9. The van der Waals surface area contributed by atoms with Crippen LogP contribution in [0.4, 0.5) is 0 Å². The highest BCUT2D eigenvalue weighted by Gasteiger charge is 2.31. The zero-order chi connectivity index (χ0) is 50.1. The number of benzene rings is 8. The van der Waals surface area contributed by atoms with Gasteiger partial charge in [-0.2, -0.15) is 0 Å². The highest BCUT2D eigenvalue weighted by atomic mass is 16.2. The van der Waals surface area contributed by atoms with E-state index in [-0.39, 0.29) is 47.3 Å². The van der Waals surface area contributed by atoms with E-state index in [9.17, 15) is 19.2 Å². The van der Waals surface area contributed by atoms with Crippen molar-refractivity contribution >= 4 is 23.6 Å². The van der Waals surface area contributed by atoms with Crippen LogP contribution in [0.1, 0.15) is 113 Å². The zero-order valence-electron chi connectivity index (χ0n) is 40.4. The summed E-state index contributed by atoms with van der Waals surface area (Å²) in [6, 6.07) is 64.9. The van der Waals surface area contributed by atoms with Gasteiger partial charge in [-0.15, -0.1) is 0 Å². The van der Waals surface area contributed by atoms with Crippen LogP contribution in [0.2, 0.25) is 0 Å². The fourth-order valence-corrected chi connectivity index (χ4v) is 11.3. The van der Waals surface area contributed by atoms with Gasteiger partial charge in [0.15, 0.2) is 0 Å². The number of amides is 4. The molecule has 0 fully saturated rings. The van der Waals surface area contributed by atoms with Gasteiger partial charge in [-0.25, -0.2) is 0 Å². The lowest BCUT2D eigenvalue weighted by atomic mass is 9.88. The number of hydrogen-bond donors (Lipinski definition) is 4. The van der Waals surface area contributed by atoms with Gasteiger partial charge in [0.05, 0.1) is 23.7 Å². The number of rotatable bonds is 4. The Balaban J connectivity index is 0.000000119. The molecule has 0 saturated carbocycles. The van der Waals surface area contributed by atoms with Gasteiger partial charge >= 0.3 is 0 Å². The third-order valence-electron chi connectivity index (χ3n) is 14.7. The van der Waals surface area contributed by atoms with Gasteiger partial charge < -0.3 is 22.9 Å². The second kappa shape index (κ2) is 22.2. The maximum absolute atomic E-state index is 11.9. The number of hydrogen-bond acceptors (Lipinski definition) is 4. The zero-order valence-corrected chi connectivity index (χ0v) is 40.4. The largest absolute Gasteiger partial charge is 0.369 e. The van der Waals surface area contributed by atoms with Crippen LogP contribution in [0.25, 0.3) is 0 Å². The van der Waals surface area contributed by atoms with Gasteiger partial charge in [0.1, 0.15) is 0 Å². The minimum absolute atomic E-state index is 0.267. The Kier molecular flexibility index (Phi) is 15.0. The molecule has 360 valence electrons. The van der Waals surface area contributed by atoms with Crippen LogP contribution in [0.15, 0.2) is 194 Å². The lowest BCUT2D eigenvalue weighted by Crippen LogP contribution is -2.23. The van der Waals surface area contributed by atoms with E-state index < -0.39 is 0 Å². The molecule has 8 N–H and O–H groups in total. The van der Waals surface area contributed by atoms with Crippen LogP contribution in [-0.2, 0) is 70.5 Å². The monoisotopic (exact) mass is 948 g/mol. The molecule has 4 aliphatic carbocycles. The molecule has 12 rings (SSSR count). The van der Waals surface area contributed by atoms with E-state index in [1.165, 1.54) is 44.5 Å². The average Bonchev–Trinajstić information content (AvgIpc) is 3.84. The molecule has 8 aromatic rings. The van der Waals surface area contributed by atoms with E-state index in [0.29, 0.717) is 0 Å². The molecule has 0 aliphatic heterocycles. The molecule has 0 saturated heterocycles. The van der Waals surface area contributed by atoms with Gasteiger partial charge in [0, 0.05) is 0 Å². The van der Waals surface area contributed by atoms with Crippen LogP contribution in [-0.4, -0.2) is 23.6 Å². The summed E-state index contributed by atoms with van der Waals surface area (Å²) >= 11 is 0. The fraction of sp³-hybridized carbons (Fsp3) is 0.188. The summed E-state index contributed by atoms with van der Waals surface area (Å²) in [5.74, 6) is -2.29. The van der Waals surface area contributed by atoms with Crippen LogP contribution >= 0.6 is 0 Å². The average molecular weight is 949 g/mol. The molecule has 72 heavy (non-hydrogen) atoms. The molecular formula is C64H60N4O4. The van der Waals surface area contributed by atoms with Crippen molar-refractivity contribution in [3.05, 3.63) is 283 Å². The summed E-state index contributed by atoms with van der Waals surface area (Å²) in [6.07, 6.45) is 7.75. The summed E-state index contributed by atoms with van der Waals surface area (Å²) < 4.78 is 0. The third-order valence-corrected chi connectivity index (χ3v) is 14.7. The molecule has 8 heteroatoms. The van der Waals surface area contributed by atoms with Gasteiger partial charge in [-0.05, 0) is 140 Å². The Morgan fingerprint density at radius 1 is 0.222 bits per heavy atom. The minimum Gasteiger partial charge on any atom is -0.369 e. The number of primary amides is 4. The quantitative estimate of drug-likeness (QED) is 0.138. The number of carbonyl (C=O) groups excluding carboxylic acids is 4. The molecule has 0 aromatic heterocycles. The predicted molar refractivity (Wildman–Crippen MR) is 285 cm³/mol. The second-order valence-corrected chi connectivity index (χ2v) is 18.9. The van der Waals surface area contributed by atoms with Gasteiger partial charge in [-0.1, -0.05) is 194 Å².